The van der Waals surface area contributed by atoms with Crippen molar-refractivity contribution in [3.8, 4) is 17.1 Å². The van der Waals surface area contributed by atoms with E-state index in [0.717, 1.165) is 5.56 Å². The normalized spacial score (nSPS) is 10.7. The van der Waals surface area contributed by atoms with Crippen molar-refractivity contribution < 1.29 is 13.9 Å². The van der Waals surface area contributed by atoms with Gasteiger partial charge in [0, 0.05) is 16.8 Å². The van der Waals surface area contributed by atoms with Crippen molar-refractivity contribution in [2.24, 2.45) is 0 Å². The lowest BCUT2D eigenvalue weighted by atomic mass is 10.0. The molecule has 0 aliphatic heterocycles. The Balaban J connectivity index is 1.81. The molecule has 0 aliphatic carbocycles. The molecule has 0 unspecified atom stereocenters. The summed E-state index contributed by atoms with van der Waals surface area (Å²) >= 11 is 0. The lowest BCUT2D eigenvalue weighted by Gasteiger charge is -2.11. The van der Waals surface area contributed by atoms with E-state index in [1.165, 1.54) is 0 Å². The third-order valence-electron chi connectivity index (χ3n) is 4.77. The molecule has 0 radical (unpaired) electrons. The van der Waals surface area contributed by atoms with Gasteiger partial charge < -0.3 is 14.5 Å². The second-order valence-corrected chi connectivity index (χ2v) is 6.62. The maximum absolute atomic E-state index is 12.9. The van der Waals surface area contributed by atoms with Gasteiger partial charge in [0.25, 0.3) is 5.91 Å². The van der Waals surface area contributed by atoms with E-state index in [2.05, 4.69) is 5.32 Å². The number of para-hydroxylation sites is 1. The molecule has 0 fully saturated rings. The minimum Gasteiger partial charge on any atom is -0.497 e. The van der Waals surface area contributed by atoms with Crippen LogP contribution in [0, 0.1) is 6.92 Å². The van der Waals surface area contributed by atoms with Crippen LogP contribution in [0.1, 0.15) is 15.9 Å². The zero-order chi connectivity index (χ0) is 20.4. The quantitative estimate of drug-likeness (QED) is 0.535. The Morgan fingerprint density at radius 1 is 0.931 bits per heavy atom. The van der Waals surface area contributed by atoms with Crippen molar-refractivity contribution in [3.05, 3.63) is 94.1 Å². The zero-order valence-corrected chi connectivity index (χ0v) is 16.1. The fraction of sp³-hybridized carbons (Fsp3) is 0.0833. The Morgan fingerprint density at radius 3 is 2.34 bits per heavy atom. The number of nitrogens with one attached hydrogen (secondary N) is 1. The number of carbonyl (C=O) groups is 1. The van der Waals surface area contributed by atoms with Crippen molar-refractivity contribution in [2.45, 2.75) is 6.92 Å². The van der Waals surface area contributed by atoms with Gasteiger partial charge in [0.05, 0.1) is 18.1 Å². The predicted octanol–water partition coefficient (Wildman–Crippen LogP) is 5.03. The standard InChI is InChI=1S/C24H19NO4/c1-15-21(26)19-9-6-10-20(23(19)29-22(15)16-7-4-3-5-8-16)24(27)25-17-11-13-18(28-2)14-12-17/h3-14H,1-2H3,(H,25,27). The molecule has 4 aromatic rings. The molecule has 144 valence electrons. The minimum absolute atomic E-state index is 0.149. The van der Waals surface area contributed by atoms with Gasteiger partial charge in [-0.1, -0.05) is 36.4 Å². The number of carbonyl (C=O) groups excluding carboxylic acids is 1. The average Bonchev–Trinajstić information content (AvgIpc) is 2.77. The SMILES string of the molecule is COc1ccc(NC(=O)c2cccc3c(=O)c(C)c(-c4ccccc4)oc23)cc1. The third kappa shape index (κ3) is 3.50. The van der Waals surface area contributed by atoms with E-state index in [0.29, 0.717) is 33.7 Å². The summed E-state index contributed by atoms with van der Waals surface area (Å²) in [7, 11) is 1.58. The first-order valence-corrected chi connectivity index (χ1v) is 9.15. The molecule has 5 nitrogen and oxygen atoms in total. The van der Waals surface area contributed by atoms with Crippen molar-refractivity contribution in [2.75, 3.05) is 12.4 Å². The molecule has 0 saturated heterocycles. The molecule has 5 heteroatoms. The molecule has 0 spiro atoms. The van der Waals surface area contributed by atoms with Gasteiger partial charge >= 0.3 is 0 Å². The van der Waals surface area contributed by atoms with Gasteiger partial charge in [0.2, 0.25) is 0 Å². The summed E-state index contributed by atoms with van der Waals surface area (Å²) in [4.78, 5) is 25.8. The van der Waals surface area contributed by atoms with Crippen LogP contribution >= 0.6 is 0 Å². The number of benzene rings is 3. The van der Waals surface area contributed by atoms with E-state index in [4.69, 9.17) is 9.15 Å². The highest BCUT2D eigenvalue weighted by molar-refractivity contribution is 6.11. The van der Waals surface area contributed by atoms with Crippen LogP contribution in [0.3, 0.4) is 0 Å². The molecule has 29 heavy (non-hydrogen) atoms. The number of rotatable bonds is 4. The molecule has 0 bridgehead atoms. The summed E-state index contributed by atoms with van der Waals surface area (Å²) in [6, 6.07) is 21.4. The van der Waals surface area contributed by atoms with Crippen LogP contribution in [0.5, 0.6) is 5.75 Å². The third-order valence-corrected chi connectivity index (χ3v) is 4.77. The van der Waals surface area contributed by atoms with Gasteiger partial charge in [-0.15, -0.1) is 0 Å². The molecule has 4 rings (SSSR count). The number of hydrogen-bond acceptors (Lipinski definition) is 4. The Labute approximate surface area is 167 Å². The summed E-state index contributed by atoms with van der Waals surface area (Å²) in [5, 5.41) is 3.22. The molecule has 3 aromatic carbocycles. The summed E-state index contributed by atoms with van der Waals surface area (Å²) in [5.41, 5.74) is 2.33. The fourth-order valence-electron chi connectivity index (χ4n) is 3.23. The van der Waals surface area contributed by atoms with Crippen LogP contribution in [-0.2, 0) is 0 Å². The first kappa shape index (κ1) is 18.5. The van der Waals surface area contributed by atoms with Crippen molar-refractivity contribution in [3.63, 3.8) is 0 Å². The molecule has 1 aromatic heterocycles. The molecule has 1 amide bonds. The van der Waals surface area contributed by atoms with Crippen molar-refractivity contribution in [1.82, 2.24) is 0 Å². The first-order valence-electron chi connectivity index (χ1n) is 9.15. The maximum Gasteiger partial charge on any atom is 0.259 e. The van der Waals surface area contributed by atoms with E-state index in [9.17, 15) is 9.59 Å². The Morgan fingerprint density at radius 2 is 1.66 bits per heavy atom. The van der Waals surface area contributed by atoms with Crippen molar-refractivity contribution in [1.29, 1.82) is 0 Å². The van der Waals surface area contributed by atoms with E-state index in [1.54, 1.807) is 56.5 Å². The summed E-state index contributed by atoms with van der Waals surface area (Å²) in [6.07, 6.45) is 0. The molecular formula is C24H19NO4. The van der Waals surface area contributed by atoms with Crippen LogP contribution in [-0.4, -0.2) is 13.0 Å². The van der Waals surface area contributed by atoms with Gasteiger partial charge in [-0.25, -0.2) is 0 Å². The molecule has 1 heterocycles. The Kier molecular flexibility index (Phi) is 4.87. The highest BCUT2D eigenvalue weighted by Gasteiger charge is 2.18. The van der Waals surface area contributed by atoms with E-state index in [-0.39, 0.29) is 16.9 Å². The van der Waals surface area contributed by atoms with Crippen LogP contribution in [0.2, 0.25) is 0 Å². The average molecular weight is 385 g/mol. The predicted molar refractivity (Wildman–Crippen MR) is 114 cm³/mol. The molecule has 1 N–H and O–H groups in total. The largest absolute Gasteiger partial charge is 0.497 e. The second kappa shape index (κ2) is 7.64. The fourth-order valence-corrected chi connectivity index (χ4v) is 3.23. The van der Waals surface area contributed by atoms with E-state index >= 15 is 0 Å². The summed E-state index contributed by atoms with van der Waals surface area (Å²) in [6.45, 7) is 1.73. The molecule has 0 saturated carbocycles. The lowest BCUT2D eigenvalue weighted by molar-refractivity contribution is 0.102. The molecular weight excluding hydrogens is 366 g/mol. The number of ether oxygens (including phenoxy) is 1. The smallest absolute Gasteiger partial charge is 0.259 e. The second-order valence-electron chi connectivity index (χ2n) is 6.62. The zero-order valence-electron chi connectivity index (χ0n) is 16.1. The van der Waals surface area contributed by atoms with Gasteiger partial charge in [0.1, 0.15) is 11.5 Å². The topological polar surface area (TPSA) is 68.5 Å². The number of fused-ring (bicyclic) bond motifs is 1. The maximum atomic E-state index is 12.9. The van der Waals surface area contributed by atoms with Gasteiger partial charge in [-0.3, -0.25) is 9.59 Å². The number of amides is 1. The van der Waals surface area contributed by atoms with Crippen molar-refractivity contribution >= 4 is 22.6 Å². The van der Waals surface area contributed by atoms with Gasteiger partial charge in [-0.2, -0.15) is 0 Å². The number of hydrogen-bond donors (Lipinski definition) is 1. The van der Waals surface area contributed by atoms with Crippen LogP contribution < -0.4 is 15.5 Å². The van der Waals surface area contributed by atoms with Crippen LogP contribution in [0.4, 0.5) is 5.69 Å². The van der Waals surface area contributed by atoms with Gasteiger partial charge in [0.15, 0.2) is 11.0 Å². The number of anilines is 1. The van der Waals surface area contributed by atoms with Crippen LogP contribution in [0.25, 0.3) is 22.3 Å². The van der Waals surface area contributed by atoms with Gasteiger partial charge in [-0.05, 0) is 43.3 Å². The molecule has 0 atom stereocenters. The summed E-state index contributed by atoms with van der Waals surface area (Å²) in [5.74, 6) is 0.807. The monoisotopic (exact) mass is 385 g/mol. The minimum atomic E-state index is -0.355. The summed E-state index contributed by atoms with van der Waals surface area (Å²) < 4.78 is 11.2. The van der Waals surface area contributed by atoms with E-state index in [1.807, 2.05) is 30.3 Å². The first-order chi connectivity index (χ1) is 14.1. The number of methoxy groups -OCH3 is 1. The van der Waals surface area contributed by atoms with Crippen LogP contribution in [0.15, 0.2) is 82.0 Å². The Bertz CT molecular complexity index is 1240. The Hall–Kier alpha value is -3.86. The lowest BCUT2D eigenvalue weighted by Crippen LogP contribution is -2.15. The molecule has 0 aliphatic rings. The highest BCUT2D eigenvalue weighted by atomic mass is 16.5. The van der Waals surface area contributed by atoms with E-state index < -0.39 is 0 Å². The highest BCUT2D eigenvalue weighted by Crippen LogP contribution is 2.27.